The highest BCUT2D eigenvalue weighted by Gasteiger charge is 2.31. The van der Waals surface area contributed by atoms with E-state index in [9.17, 15) is 18.0 Å². The van der Waals surface area contributed by atoms with Crippen LogP contribution in [0, 0.1) is 13.8 Å². The minimum Gasteiger partial charge on any atom is -0.491 e. The number of anilines is 1. The monoisotopic (exact) mass is 406 g/mol. The topological polar surface area (TPSA) is 69.0 Å². The number of ether oxygens (including phenoxy) is 1. The smallest absolute Gasteiger partial charge is 0.416 e. The Morgan fingerprint density at radius 2 is 1.97 bits per heavy atom. The molecule has 154 valence electrons. The Hall–Kier alpha value is -3.10. The van der Waals surface area contributed by atoms with Crippen LogP contribution in [0.2, 0.25) is 0 Å². The van der Waals surface area contributed by atoms with E-state index >= 15 is 0 Å². The van der Waals surface area contributed by atoms with Gasteiger partial charge in [0, 0.05) is 12.7 Å². The van der Waals surface area contributed by atoms with Crippen LogP contribution in [0.5, 0.6) is 5.75 Å². The maximum Gasteiger partial charge on any atom is 0.416 e. The second-order valence-corrected chi connectivity index (χ2v) is 6.73. The molecule has 0 bridgehead atoms. The molecule has 3 rings (SSSR count). The zero-order valence-electron chi connectivity index (χ0n) is 16.5. The first kappa shape index (κ1) is 20.6. The summed E-state index contributed by atoms with van der Waals surface area (Å²) >= 11 is 0. The summed E-state index contributed by atoms with van der Waals surface area (Å²) in [5.74, 6) is -0.379. The number of benzene rings is 1. The number of nitrogens with one attached hydrogen (secondary N) is 1. The average molecular weight is 406 g/mol. The predicted octanol–water partition coefficient (Wildman–Crippen LogP) is 4.65. The molecule has 6 nitrogen and oxygen atoms in total. The standard InChI is InChI=1S/C20H21F3N4O2/c1-5-8-29-16-7-6-13(20(21,22)23)10-15(16)25-19(28)14-9-11(2)24-18-17(14)12(3)26-27(18)4/h6-7,9-10H,5,8H2,1-4H3,(H,25,28). The molecule has 9 heteroatoms. The molecule has 0 saturated heterocycles. The molecular formula is C20H21F3N4O2. The van der Waals surface area contributed by atoms with Gasteiger partial charge in [0.05, 0.1) is 34.5 Å². The fraction of sp³-hybridized carbons (Fsp3) is 0.350. The molecule has 1 amide bonds. The quantitative estimate of drug-likeness (QED) is 0.670. The fourth-order valence-electron chi connectivity index (χ4n) is 3.08. The van der Waals surface area contributed by atoms with Crippen molar-refractivity contribution in [2.24, 2.45) is 7.05 Å². The first-order valence-corrected chi connectivity index (χ1v) is 9.08. The predicted molar refractivity (Wildman–Crippen MR) is 103 cm³/mol. The van der Waals surface area contributed by atoms with Gasteiger partial charge in [0.1, 0.15) is 5.75 Å². The van der Waals surface area contributed by atoms with Crippen molar-refractivity contribution < 1.29 is 22.7 Å². The molecule has 0 radical (unpaired) electrons. The lowest BCUT2D eigenvalue weighted by Gasteiger charge is -2.15. The minimum absolute atomic E-state index is 0.0394. The van der Waals surface area contributed by atoms with Crippen LogP contribution in [0.1, 0.15) is 40.7 Å². The van der Waals surface area contributed by atoms with Gasteiger partial charge in [0.2, 0.25) is 0 Å². The zero-order valence-corrected chi connectivity index (χ0v) is 16.5. The van der Waals surface area contributed by atoms with Crippen LogP contribution >= 0.6 is 0 Å². The Kier molecular flexibility index (Phi) is 5.50. The van der Waals surface area contributed by atoms with Gasteiger partial charge in [0.15, 0.2) is 5.65 Å². The summed E-state index contributed by atoms with van der Waals surface area (Å²) in [7, 11) is 1.72. The average Bonchev–Trinajstić information content (AvgIpc) is 2.92. The molecule has 0 aliphatic carbocycles. The van der Waals surface area contributed by atoms with E-state index in [1.807, 2.05) is 6.92 Å². The summed E-state index contributed by atoms with van der Waals surface area (Å²) in [5.41, 5.74) is 1.10. The van der Waals surface area contributed by atoms with Crippen molar-refractivity contribution in [1.29, 1.82) is 0 Å². The molecule has 2 aromatic heterocycles. The van der Waals surface area contributed by atoms with Gasteiger partial charge >= 0.3 is 6.18 Å². The van der Waals surface area contributed by atoms with Crippen molar-refractivity contribution in [1.82, 2.24) is 14.8 Å². The molecule has 0 saturated carbocycles. The second kappa shape index (κ2) is 7.73. The molecule has 29 heavy (non-hydrogen) atoms. The van der Waals surface area contributed by atoms with Gasteiger partial charge in [-0.05, 0) is 44.5 Å². The molecule has 0 fully saturated rings. The molecule has 1 aromatic carbocycles. The van der Waals surface area contributed by atoms with E-state index in [2.05, 4.69) is 15.4 Å². The molecule has 3 aromatic rings. The lowest BCUT2D eigenvalue weighted by Crippen LogP contribution is -2.16. The van der Waals surface area contributed by atoms with Gasteiger partial charge in [-0.1, -0.05) is 6.92 Å². The molecule has 0 aliphatic heterocycles. The van der Waals surface area contributed by atoms with E-state index in [4.69, 9.17) is 4.74 Å². The van der Waals surface area contributed by atoms with Crippen molar-refractivity contribution in [2.75, 3.05) is 11.9 Å². The fourth-order valence-corrected chi connectivity index (χ4v) is 3.08. The van der Waals surface area contributed by atoms with Crippen molar-refractivity contribution in [3.8, 4) is 5.75 Å². The number of nitrogens with zero attached hydrogens (tertiary/aromatic N) is 3. The van der Waals surface area contributed by atoms with Crippen molar-refractivity contribution >= 4 is 22.6 Å². The number of aryl methyl sites for hydroxylation is 3. The molecule has 0 spiro atoms. The summed E-state index contributed by atoms with van der Waals surface area (Å²) in [6.07, 6.45) is -3.86. The third-order valence-corrected chi connectivity index (χ3v) is 4.36. The van der Waals surface area contributed by atoms with Gasteiger partial charge < -0.3 is 10.1 Å². The molecule has 2 heterocycles. The van der Waals surface area contributed by atoms with E-state index < -0.39 is 17.6 Å². The lowest BCUT2D eigenvalue weighted by atomic mass is 10.1. The number of hydrogen-bond acceptors (Lipinski definition) is 4. The van der Waals surface area contributed by atoms with Gasteiger partial charge in [0.25, 0.3) is 5.91 Å². The third kappa shape index (κ3) is 4.18. The van der Waals surface area contributed by atoms with Crippen LogP contribution in [-0.2, 0) is 13.2 Å². The van der Waals surface area contributed by atoms with Gasteiger partial charge in [-0.15, -0.1) is 0 Å². The normalized spacial score (nSPS) is 11.7. The molecular weight excluding hydrogens is 385 g/mol. The summed E-state index contributed by atoms with van der Waals surface area (Å²) in [4.78, 5) is 17.4. The lowest BCUT2D eigenvalue weighted by molar-refractivity contribution is -0.137. The Bertz CT molecular complexity index is 1070. The highest BCUT2D eigenvalue weighted by Crippen LogP contribution is 2.35. The first-order valence-electron chi connectivity index (χ1n) is 9.08. The van der Waals surface area contributed by atoms with Crippen LogP contribution < -0.4 is 10.1 Å². The number of hydrogen-bond donors (Lipinski definition) is 1. The molecule has 1 N–H and O–H groups in total. The Morgan fingerprint density at radius 3 is 2.62 bits per heavy atom. The van der Waals surface area contributed by atoms with E-state index in [1.54, 1.807) is 31.6 Å². The highest BCUT2D eigenvalue weighted by atomic mass is 19.4. The molecule has 0 atom stereocenters. The largest absolute Gasteiger partial charge is 0.491 e. The maximum absolute atomic E-state index is 13.2. The number of alkyl halides is 3. The number of fused-ring (bicyclic) bond motifs is 1. The third-order valence-electron chi connectivity index (χ3n) is 4.36. The van der Waals surface area contributed by atoms with Crippen molar-refractivity contribution in [3.63, 3.8) is 0 Å². The SMILES string of the molecule is CCCOc1ccc(C(F)(F)F)cc1NC(=O)c1cc(C)nc2c1c(C)nn2C. The van der Waals surface area contributed by atoms with Crippen molar-refractivity contribution in [2.45, 2.75) is 33.4 Å². The van der Waals surface area contributed by atoms with E-state index in [1.165, 1.54) is 6.07 Å². The van der Waals surface area contributed by atoms with Crippen LogP contribution in [0.25, 0.3) is 11.0 Å². The number of carbonyl (C=O) groups excluding carboxylic acids is 1. The van der Waals surface area contributed by atoms with Crippen LogP contribution in [0.3, 0.4) is 0 Å². The summed E-state index contributed by atoms with van der Waals surface area (Å²) in [5, 5.41) is 7.42. The Balaban J connectivity index is 2.05. The number of pyridine rings is 1. The van der Waals surface area contributed by atoms with E-state index in [0.29, 0.717) is 35.4 Å². The summed E-state index contributed by atoms with van der Waals surface area (Å²) in [6, 6.07) is 4.62. The number of halogens is 3. The number of carbonyl (C=O) groups is 1. The van der Waals surface area contributed by atoms with Gasteiger partial charge in [-0.25, -0.2) is 4.98 Å². The van der Waals surface area contributed by atoms with E-state index in [0.717, 1.165) is 12.1 Å². The maximum atomic E-state index is 13.2. The first-order chi connectivity index (χ1) is 13.6. The highest BCUT2D eigenvalue weighted by molar-refractivity contribution is 6.13. The number of rotatable bonds is 5. The van der Waals surface area contributed by atoms with Gasteiger partial charge in [-0.3, -0.25) is 9.48 Å². The Morgan fingerprint density at radius 1 is 1.24 bits per heavy atom. The second-order valence-electron chi connectivity index (χ2n) is 6.73. The van der Waals surface area contributed by atoms with Crippen molar-refractivity contribution in [3.05, 3.63) is 46.8 Å². The number of aromatic nitrogens is 3. The number of amides is 1. The van der Waals surface area contributed by atoms with Crippen LogP contribution in [0.15, 0.2) is 24.3 Å². The van der Waals surface area contributed by atoms with Gasteiger partial charge in [-0.2, -0.15) is 18.3 Å². The molecule has 0 unspecified atom stereocenters. The zero-order chi connectivity index (χ0) is 21.3. The summed E-state index contributed by atoms with van der Waals surface area (Å²) in [6.45, 7) is 5.67. The van der Waals surface area contributed by atoms with Crippen LogP contribution in [0.4, 0.5) is 18.9 Å². The molecule has 0 aliphatic rings. The Labute approximate surface area is 165 Å². The minimum atomic E-state index is -4.54. The summed E-state index contributed by atoms with van der Waals surface area (Å²) < 4.78 is 46.6. The van der Waals surface area contributed by atoms with Crippen LogP contribution in [-0.4, -0.2) is 27.3 Å². The van der Waals surface area contributed by atoms with E-state index in [-0.39, 0.29) is 17.0 Å².